The summed E-state index contributed by atoms with van der Waals surface area (Å²) in [5.41, 5.74) is 7.01. The number of nitrogens with one attached hydrogen (secondary N) is 3. The molecule has 8 nitrogen and oxygen atoms in total. The highest BCUT2D eigenvalue weighted by molar-refractivity contribution is 5.92. The van der Waals surface area contributed by atoms with Gasteiger partial charge >= 0.3 is 6.03 Å². The smallest absolute Gasteiger partial charge is 0.316 e. The number of carbonyl (C=O) groups is 2. The van der Waals surface area contributed by atoms with Crippen molar-refractivity contribution in [2.24, 2.45) is 5.73 Å². The molecule has 0 spiro atoms. The van der Waals surface area contributed by atoms with Crippen LogP contribution >= 0.6 is 0 Å². The summed E-state index contributed by atoms with van der Waals surface area (Å²) < 4.78 is 1.87. The molecule has 0 saturated carbocycles. The lowest BCUT2D eigenvalue weighted by molar-refractivity contribution is 0.0944. The lowest BCUT2D eigenvalue weighted by Crippen LogP contribution is -2.32. The molecule has 8 heteroatoms. The highest BCUT2D eigenvalue weighted by Gasteiger charge is 2.17. The van der Waals surface area contributed by atoms with Gasteiger partial charge in [0, 0.05) is 25.0 Å². The van der Waals surface area contributed by atoms with E-state index in [0.29, 0.717) is 24.0 Å². The van der Waals surface area contributed by atoms with Crippen molar-refractivity contribution < 1.29 is 9.59 Å². The highest BCUT2D eigenvalue weighted by Crippen LogP contribution is 2.15. The van der Waals surface area contributed by atoms with Gasteiger partial charge in [0.2, 0.25) is 0 Å². The number of aromatic nitrogens is 2. The molecule has 0 aliphatic carbocycles. The van der Waals surface area contributed by atoms with Crippen molar-refractivity contribution >= 4 is 17.6 Å². The van der Waals surface area contributed by atoms with Crippen molar-refractivity contribution in [2.45, 2.75) is 25.4 Å². The van der Waals surface area contributed by atoms with E-state index in [4.69, 9.17) is 5.73 Å². The van der Waals surface area contributed by atoms with E-state index in [1.165, 1.54) is 0 Å². The van der Waals surface area contributed by atoms with Gasteiger partial charge in [0.25, 0.3) is 5.91 Å². The van der Waals surface area contributed by atoms with Crippen LogP contribution in [-0.4, -0.2) is 34.8 Å². The van der Waals surface area contributed by atoms with Crippen LogP contribution < -0.4 is 21.7 Å². The molecular formula is C17H22N6O2. The Morgan fingerprint density at radius 3 is 2.76 bits per heavy atom. The van der Waals surface area contributed by atoms with Crippen LogP contribution in [0.25, 0.3) is 0 Å². The Morgan fingerprint density at radius 2 is 2.08 bits per heavy atom. The molecule has 1 fully saturated rings. The van der Waals surface area contributed by atoms with Crippen LogP contribution in [-0.2, 0) is 6.54 Å². The number of piperidine rings is 1. The van der Waals surface area contributed by atoms with Gasteiger partial charge in [-0.15, -0.1) is 0 Å². The fourth-order valence-corrected chi connectivity index (χ4v) is 2.84. The second-order valence-electron chi connectivity index (χ2n) is 6.05. The summed E-state index contributed by atoms with van der Waals surface area (Å²) in [7, 11) is 0. The van der Waals surface area contributed by atoms with Crippen LogP contribution in [0, 0.1) is 0 Å². The van der Waals surface area contributed by atoms with Crippen molar-refractivity contribution in [1.82, 2.24) is 20.4 Å². The SMILES string of the molecule is NC(=O)Nc1ccc(CNC(=O)c2ccn(C3CCCNC3)n2)cc1. The summed E-state index contributed by atoms with van der Waals surface area (Å²) in [6.45, 7) is 2.31. The first-order valence-electron chi connectivity index (χ1n) is 8.31. The van der Waals surface area contributed by atoms with E-state index < -0.39 is 6.03 Å². The van der Waals surface area contributed by atoms with Gasteiger partial charge in [-0.1, -0.05) is 12.1 Å². The minimum atomic E-state index is -0.607. The molecule has 1 aromatic heterocycles. The molecule has 1 aliphatic rings. The van der Waals surface area contributed by atoms with Crippen molar-refractivity contribution in [3.63, 3.8) is 0 Å². The van der Waals surface area contributed by atoms with Gasteiger partial charge in [-0.3, -0.25) is 9.48 Å². The predicted molar refractivity (Wildman–Crippen MR) is 94.2 cm³/mol. The maximum atomic E-state index is 12.3. The Bertz CT molecular complexity index is 734. The first kappa shape index (κ1) is 17.0. The Labute approximate surface area is 145 Å². The topological polar surface area (TPSA) is 114 Å². The summed E-state index contributed by atoms with van der Waals surface area (Å²) in [6, 6.07) is 8.54. The number of amides is 3. The van der Waals surface area contributed by atoms with Gasteiger partial charge in [-0.05, 0) is 43.1 Å². The van der Waals surface area contributed by atoms with E-state index in [0.717, 1.165) is 31.5 Å². The lowest BCUT2D eigenvalue weighted by Gasteiger charge is -2.22. The Hall–Kier alpha value is -2.87. The van der Waals surface area contributed by atoms with E-state index in [-0.39, 0.29) is 5.91 Å². The van der Waals surface area contributed by atoms with E-state index in [1.54, 1.807) is 18.2 Å². The minimum Gasteiger partial charge on any atom is -0.351 e. The molecule has 1 aromatic carbocycles. The molecule has 132 valence electrons. The van der Waals surface area contributed by atoms with Gasteiger partial charge in [0.15, 0.2) is 0 Å². The van der Waals surface area contributed by atoms with Crippen LogP contribution in [0.15, 0.2) is 36.5 Å². The minimum absolute atomic E-state index is 0.207. The van der Waals surface area contributed by atoms with Gasteiger partial charge in [0.1, 0.15) is 5.69 Å². The van der Waals surface area contributed by atoms with Gasteiger partial charge in [0.05, 0.1) is 6.04 Å². The number of hydrogen-bond donors (Lipinski definition) is 4. The molecule has 1 aliphatic heterocycles. The summed E-state index contributed by atoms with van der Waals surface area (Å²) in [5, 5.41) is 13.1. The number of anilines is 1. The molecule has 0 bridgehead atoms. The molecule has 1 saturated heterocycles. The van der Waals surface area contributed by atoms with Crippen LogP contribution in [0.3, 0.4) is 0 Å². The Balaban J connectivity index is 1.53. The van der Waals surface area contributed by atoms with Gasteiger partial charge < -0.3 is 21.7 Å². The average Bonchev–Trinajstić information content (AvgIpc) is 3.11. The fraction of sp³-hybridized carbons (Fsp3) is 0.353. The number of carbonyl (C=O) groups excluding carboxylic acids is 2. The third-order valence-corrected chi connectivity index (χ3v) is 4.16. The molecule has 3 rings (SSSR count). The van der Waals surface area contributed by atoms with Crippen LogP contribution in [0.2, 0.25) is 0 Å². The number of rotatable bonds is 5. The quantitative estimate of drug-likeness (QED) is 0.654. The highest BCUT2D eigenvalue weighted by atomic mass is 16.2. The van der Waals surface area contributed by atoms with Crippen LogP contribution in [0.5, 0.6) is 0 Å². The van der Waals surface area contributed by atoms with Gasteiger partial charge in [-0.2, -0.15) is 5.10 Å². The van der Waals surface area contributed by atoms with Gasteiger partial charge in [-0.25, -0.2) is 4.79 Å². The third kappa shape index (κ3) is 4.57. The summed E-state index contributed by atoms with van der Waals surface area (Å²) in [5.74, 6) is -0.207. The number of benzene rings is 1. The van der Waals surface area contributed by atoms with Crippen molar-refractivity contribution in [2.75, 3.05) is 18.4 Å². The van der Waals surface area contributed by atoms with Crippen LogP contribution in [0.4, 0.5) is 10.5 Å². The molecule has 2 aromatic rings. The fourth-order valence-electron chi connectivity index (χ4n) is 2.84. The molecule has 3 amide bonds. The van der Waals surface area contributed by atoms with Crippen LogP contribution in [0.1, 0.15) is 34.9 Å². The summed E-state index contributed by atoms with van der Waals surface area (Å²) >= 11 is 0. The molecule has 2 heterocycles. The maximum Gasteiger partial charge on any atom is 0.316 e. The first-order valence-corrected chi connectivity index (χ1v) is 8.31. The average molecular weight is 342 g/mol. The first-order chi connectivity index (χ1) is 12.1. The largest absolute Gasteiger partial charge is 0.351 e. The summed E-state index contributed by atoms with van der Waals surface area (Å²) in [4.78, 5) is 23.0. The maximum absolute atomic E-state index is 12.3. The number of primary amides is 1. The Kier molecular flexibility index (Phi) is 5.30. The van der Waals surface area contributed by atoms with Crippen molar-refractivity contribution in [3.8, 4) is 0 Å². The standard InChI is InChI=1S/C17H22N6O2/c18-17(25)21-13-5-3-12(4-6-13)10-20-16(24)15-7-9-23(22-15)14-2-1-8-19-11-14/h3-7,9,14,19H,1-2,8,10-11H2,(H,20,24)(H3,18,21,25). The lowest BCUT2D eigenvalue weighted by atomic mass is 10.1. The second-order valence-corrected chi connectivity index (χ2v) is 6.05. The summed E-state index contributed by atoms with van der Waals surface area (Å²) in [6.07, 6.45) is 4.05. The zero-order chi connectivity index (χ0) is 17.6. The second kappa shape index (κ2) is 7.80. The number of nitrogens with zero attached hydrogens (tertiary/aromatic N) is 2. The Morgan fingerprint density at radius 1 is 1.28 bits per heavy atom. The van der Waals surface area contributed by atoms with E-state index >= 15 is 0 Å². The zero-order valence-corrected chi connectivity index (χ0v) is 13.9. The number of urea groups is 1. The van der Waals surface area contributed by atoms with E-state index in [9.17, 15) is 9.59 Å². The zero-order valence-electron chi connectivity index (χ0n) is 13.9. The van der Waals surface area contributed by atoms with E-state index in [2.05, 4.69) is 21.0 Å². The normalized spacial score (nSPS) is 17.0. The third-order valence-electron chi connectivity index (χ3n) is 4.16. The monoisotopic (exact) mass is 342 g/mol. The molecule has 25 heavy (non-hydrogen) atoms. The van der Waals surface area contributed by atoms with E-state index in [1.807, 2.05) is 23.0 Å². The molecular weight excluding hydrogens is 320 g/mol. The molecule has 1 atom stereocenters. The molecule has 1 unspecified atom stereocenters. The van der Waals surface area contributed by atoms with Crippen molar-refractivity contribution in [3.05, 3.63) is 47.8 Å². The predicted octanol–water partition coefficient (Wildman–Crippen LogP) is 1.23. The molecule has 5 N–H and O–H groups in total. The molecule has 0 radical (unpaired) electrons. The number of hydrogen-bond acceptors (Lipinski definition) is 4. The van der Waals surface area contributed by atoms with Crippen molar-refractivity contribution in [1.29, 1.82) is 0 Å². The number of nitrogens with two attached hydrogens (primary N) is 1.